The molecule has 0 bridgehead atoms. The van der Waals surface area contributed by atoms with Crippen molar-refractivity contribution in [1.82, 2.24) is 0 Å². The first kappa shape index (κ1) is 18.2. The van der Waals surface area contributed by atoms with E-state index in [-0.39, 0.29) is 4.90 Å². The minimum absolute atomic E-state index is 0.0366. The highest BCUT2D eigenvalue weighted by atomic mass is 35.5. The second-order valence-electron chi connectivity index (χ2n) is 5.96. The summed E-state index contributed by atoms with van der Waals surface area (Å²) in [6.07, 6.45) is 0. The summed E-state index contributed by atoms with van der Waals surface area (Å²) in [5, 5.41) is 18.8. The van der Waals surface area contributed by atoms with Gasteiger partial charge >= 0.3 is 5.97 Å². The molecule has 1 aliphatic carbocycles. The standard InChI is InChI=1S/C17H14Cl2O5S/c18-11-4-6-13(7-5-11)25(23,24)15-14(17(15,9-20)16(21)22)10-2-1-3-12(19)8-10/h1-8,14-15,20H,9H2,(H,21,22)/t14-,15+,17-/m1/s1. The quantitative estimate of drug-likeness (QED) is 0.804. The van der Waals surface area contributed by atoms with Gasteiger partial charge in [0.1, 0.15) is 5.41 Å². The van der Waals surface area contributed by atoms with Crippen LogP contribution in [0, 0.1) is 5.41 Å². The summed E-state index contributed by atoms with van der Waals surface area (Å²) in [6, 6.07) is 11.9. The third-order valence-electron chi connectivity index (χ3n) is 4.60. The first-order valence-electron chi connectivity index (χ1n) is 7.34. The smallest absolute Gasteiger partial charge is 0.314 e. The Bertz CT molecular complexity index is 926. The third kappa shape index (κ3) is 2.83. The van der Waals surface area contributed by atoms with Crippen LogP contribution in [0.25, 0.3) is 0 Å². The Hall–Kier alpha value is -1.60. The Morgan fingerprint density at radius 3 is 2.24 bits per heavy atom. The van der Waals surface area contributed by atoms with Gasteiger partial charge in [0.05, 0.1) is 16.8 Å². The molecule has 0 unspecified atom stereocenters. The summed E-state index contributed by atoms with van der Waals surface area (Å²) in [7, 11) is -4.00. The van der Waals surface area contributed by atoms with Gasteiger partial charge in [0.2, 0.25) is 0 Å². The van der Waals surface area contributed by atoms with Crippen LogP contribution in [-0.4, -0.2) is 36.5 Å². The zero-order valence-corrected chi connectivity index (χ0v) is 15.1. The average Bonchev–Trinajstić information content (AvgIpc) is 3.27. The Morgan fingerprint density at radius 2 is 1.72 bits per heavy atom. The highest BCUT2D eigenvalue weighted by molar-refractivity contribution is 7.92. The lowest BCUT2D eigenvalue weighted by molar-refractivity contribution is -0.145. The normalized spacial score (nSPS) is 25.6. The van der Waals surface area contributed by atoms with Gasteiger partial charge in [-0.15, -0.1) is 0 Å². The van der Waals surface area contributed by atoms with Crippen LogP contribution in [0.2, 0.25) is 10.0 Å². The van der Waals surface area contributed by atoms with Crippen molar-refractivity contribution < 1.29 is 23.4 Å². The van der Waals surface area contributed by atoms with Crippen molar-refractivity contribution in [3.8, 4) is 0 Å². The SMILES string of the molecule is O=C(O)[C@]1(CO)[C@H](c2cccc(Cl)c2)[C@@H]1S(=O)(=O)c1ccc(Cl)cc1. The topological polar surface area (TPSA) is 91.7 Å². The maximum Gasteiger partial charge on any atom is 0.314 e. The Balaban J connectivity index is 2.12. The maximum absolute atomic E-state index is 13.0. The third-order valence-corrected chi connectivity index (χ3v) is 7.38. The van der Waals surface area contributed by atoms with E-state index in [4.69, 9.17) is 23.2 Å². The number of sulfone groups is 1. The zero-order valence-electron chi connectivity index (χ0n) is 12.8. The number of aliphatic hydroxyl groups excluding tert-OH is 1. The molecule has 1 fully saturated rings. The molecule has 2 aromatic carbocycles. The van der Waals surface area contributed by atoms with E-state index in [0.29, 0.717) is 15.6 Å². The number of carboxylic acids is 1. The number of aliphatic hydroxyl groups is 1. The van der Waals surface area contributed by atoms with Gasteiger partial charge in [0, 0.05) is 16.0 Å². The van der Waals surface area contributed by atoms with Gasteiger partial charge in [-0.3, -0.25) is 4.79 Å². The second kappa shape index (κ2) is 6.29. The number of carboxylic acid groups (broad SMARTS) is 1. The molecule has 0 saturated heterocycles. The molecule has 1 aliphatic rings. The lowest BCUT2D eigenvalue weighted by Gasteiger charge is -2.09. The molecule has 132 valence electrons. The Kier molecular flexibility index (Phi) is 4.58. The maximum atomic E-state index is 13.0. The van der Waals surface area contributed by atoms with E-state index in [1.54, 1.807) is 18.2 Å². The van der Waals surface area contributed by atoms with Gasteiger partial charge in [-0.2, -0.15) is 0 Å². The molecular formula is C17H14Cl2O5S. The highest BCUT2D eigenvalue weighted by Crippen LogP contribution is 2.64. The average molecular weight is 401 g/mol. The minimum atomic E-state index is -4.00. The van der Waals surface area contributed by atoms with Gasteiger partial charge in [-0.05, 0) is 42.0 Å². The van der Waals surface area contributed by atoms with Crippen LogP contribution in [0.1, 0.15) is 11.5 Å². The van der Waals surface area contributed by atoms with Crippen molar-refractivity contribution in [1.29, 1.82) is 0 Å². The van der Waals surface area contributed by atoms with E-state index < -0.39 is 39.0 Å². The van der Waals surface area contributed by atoms with E-state index in [1.807, 2.05) is 0 Å². The molecule has 2 aromatic rings. The van der Waals surface area contributed by atoms with Crippen LogP contribution < -0.4 is 0 Å². The monoisotopic (exact) mass is 400 g/mol. The number of rotatable bonds is 5. The fraction of sp³-hybridized carbons (Fsp3) is 0.235. The van der Waals surface area contributed by atoms with E-state index >= 15 is 0 Å². The fourth-order valence-electron chi connectivity index (χ4n) is 3.31. The summed E-state index contributed by atoms with van der Waals surface area (Å²) in [6.45, 7) is -0.795. The summed E-state index contributed by atoms with van der Waals surface area (Å²) in [5.74, 6) is -2.25. The van der Waals surface area contributed by atoms with Crippen LogP contribution in [0.4, 0.5) is 0 Å². The number of halogens is 2. The zero-order chi connectivity index (χ0) is 18.4. The molecule has 1 saturated carbocycles. The largest absolute Gasteiger partial charge is 0.481 e. The van der Waals surface area contributed by atoms with Gasteiger partial charge in [-0.1, -0.05) is 35.3 Å². The van der Waals surface area contributed by atoms with Crippen molar-refractivity contribution >= 4 is 39.0 Å². The van der Waals surface area contributed by atoms with Gasteiger partial charge in [0.25, 0.3) is 0 Å². The van der Waals surface area contributed by atoms with E-state index in [2.05, 4.69) is 0 Å². The molecule has 0 aliphatic heterocycles. The number of benzene rings is 2. The molecule has 8 heteroatoms. The van der Waals surface area contributed by atoms with Crippen molar-refractivity contribution in [3.63, 3.8) is 0 Å². The van der Waals surface area contributed by atoms with Crippen LogP contribution in [0.3, 0.4) is 0 Å². The molecule has 3 rings (SSSR count). The number of hydrogen-bond acceptors (Lipinski definition) is 4. The Morgan fingerprint density at radius 1 is 1.08 bits per heavy atom. The number of aliphatic carboxylic acids is 1. The summed E-state index contributed by atoms with van der Waals surface area (Å²) in [4.78, 5) is 11.8. The molecule has 5 nitrogen and oxygen atoms in total. The van der Waals surface area contributed by atoms with Crippen LogP contribution in [-0.2, 0) is 14.6 Å². The molecular weight excluding hydrogens is 387 g/mol. The molecule has 2 N–H and O–H groups in total. The van der Waals surface area contributed by atoms with Crippen molar-refractivity contribution in [3.05, 3.63) is 64.1 Å². The number of hydrogen-bond donors (Lipinski definition) is 2. The first-order valence-corrected chi connectivity index (χ1v) is 9.64. The fourth-order valence-corrected chi connectivity index (χ4v) is 6.00. The van der Waals surface area contributed by atoms with Crippen LogP contribution in [0.15, 0.2) is 53.4 Å². The predicted molar refractivity (Wildman–Crippen MR) is 93.8 cm³/mol. The van der Waals surface area contributed by atoms with Crippen LogP contribution >= 0.6 is 23.2 Å². The molecule has 0 heterocycles. The predicted octanol–water partition coefficient (Wildman–Crippen LogP) is 3.00. The Labute approximate surface area is 154 Å². The van der Waals surface area contributed by atoms with E-state index in [0.717, 1.165) is 0 Å². The lowest BCUT2D eigenvalue weighted by Crippen LogP contribution is -2.27. The highest BCUT2D eigenvalue weighted by Gasteiger charge is 2.75. The molecule has 0 spiro atoms. The molecule has 0 amide bonds. The molecule has 0 aromatic heterocycles. The summed E-state index contributed by atoms with van der Waals surface area (Å²) in [5.41, 5.74) is -1.34. The van der Waals surface area contributed by atoms with Gasteiger partial charge in [0.15, 0.2) is 9.84 Å². The van der Waals surface area contributed by atoms with E-state index in [1.165, 1.54) is 30.3 Å². The number of carbonyl (C=O) groups is 1. The minimum Gasteiger partial charge on any atom is -0.481 e. The van der Waals surface area contributed by atoms with E-state index in [9.17, 15) is 23.4 Å². The second-order valence-corrected chi connectivity index (χ2v) is 8.90. The lowest BCUT2D eigenvalue weighted by atomic mass is 10.0. The van der Waals surface area contributed by atoms with Gasteiger partial charge < -0.3 is 10.2 Å². The van der Waals surface area contributed by atoms with Crippen molar-refractivity contribution in [2.45, 2.75) is 16.1 Å². The first-order chi connectivity index (χ1) is 11.7. The van der Waals surface area contributed by atoms with Crippen molar-refractivity contribution in [2.24, 2.45) is 5.41 Å². The van der Waals surface area contributed by atoms with Crippen LogP contribution in [0.5, 0.6) is 0 Å². The summed E-state index contributed by atoms with van der Waals surface area (Å²) < 4.78 is 26.0. The molecule has 0 radical (unpaired) electrons. The summed E-state index contributed by atoms with van der Waals surface area (Å²) >= 11 is 11.7. The molecule has 3 atom stereocenters. The van der Waals surface area contributed by atoms with Crippen molar-refractivity contribution in [2.75, 3.05) is 6.61 Å². The molecule has 25 heavy (non-hydrogen) atoms. The van der Waals surface area contributed by atoms with Gasteiger partial charge in [-0.25, -0.2) is 8.42 Å².